The van der Waals surface area contributed by atoms with E-state index in [-0.39, 0.29) is 32.2 Å². The number of nitrogens with one attached hydrogen (secondary N) is 1. The molecule has 3 aromatic carbocycles. The van der Waals surface area contributed by atoms with Crippen LogP contribution >= 0.6 is 0 Å². The molecule has 1 amide bonds. The molecule has 7 heteroatoms. The summed E-state index contributed by atoms with van der Waals surface area (Å²) in [5, 5.41) is 2.50. The van der Waals surface area contributed by atoms with Crippen LogP contribution in [0.25, 0.3) is 0 Å². The zero-order valence-electron chi connectivity index (χ0n) is 13.8. The smallest absolute Gasteiger partial charge is 0.255 e. The monoisotopic (exact) mass is 381 g/mol. The Morgan fingerprint density at radius 2 is 1.59 bits per heavy atom. The lowest BCUT2D eigenvalue weighted by Gasteiger charge is -2.19. The van der Waals surface area contributed by atoms with Crippen molar-refractivity contribution in [2.24, 2.45) is 0 Å². The first kappa shape index (κ1) is 17.1. The number of halogens is 1. The quantitative estimate of drug-likeness (QED) is 0.577. The third kappa shape index (κ3) is 2.82. The number of sulfone groups is 1. The van der Waals surface area contributed by atoms with Crippen molar-refractivity contribution >= 4 is 27.2 Å². The molecule has 3 aromatic rings. The average molecular weight is 381 g/mol. The molecule has 0 fully saturated rings. The molecule has 0 saturated heterocycles. The summed E-state index contributed by atoms with van der Waals surface area (Å²) in [4.78, 5) is 24.7. The maximum Gasteiger partial charge on any atom is 0.255 e. The summed E-state index contributed by atoms with van der Waals surface area (Å²) in [5.41, 5.74) is 0.425. The first-order valence-corrected chi connectivity index (χ1v) is 9.46. The van der Waals surface area contributed by atoms with E-state index in [1.54, 1.807) is 6.07 Å². The van der Waals surface area contributed by atoms with E-state index in [1.165, 1.54) is 54.6 Å². The maximum absolute atomic E-state index is 13.3. The normalized spacial score (nSPS) is 14.2. The van der Waals surface area contributed by atoms with E-state index in [0.29, 0.717) is 0 Å². The van der Waals surface area contributed by atoms with Gasteiger partial charge in [0, 0.05) is 22.4 Å². The molecule has 1 heterocycles. The molecule has 0 bridgehead atoms. The molecular formula is C20H12FNO4S. The minimum Gasteiger partial charge on any atom is -0.322 e. The van der Waals surface area contributed by atoms with E-state index >= 15 is 0 Å². The summed E-state index contributed by atoms with van der Waals surface area (Å²) in [5.74, 6) is -1.53. The lowest BCUT2D eigenvalue weighted by atomic mass is 10.0. The van der Waals surface area contributed by atoms with Crippen molar-refractivity contribution in [1.82, 2.24) is 0 Å². The third-order valence-electron chi connectivity index (χ3n) is 4.28. The van der Waals surface area contributed by atoms with Gasteiger partial charge in [0.15, 0.2) is 5.78 Å². The molecule has 134 valence electrons. The molecule has 5 nitrogen and oxygen atoms in total. The van der Waals surface area contributed by atoms with Crippen LogP contribution in [0.1, 0.15) is 26.3 Å². The fourth-order valence-corrected chi connectivity index (χ4v) is 4.67. The fourth-order valence-electron chi connectivity index (χ4n) is 3.00. The highest BCUT2D eigenvalue weighted by atomic mass is 32.2. The number of hydrogen-bond acceptors (Lipinski definition) is 4. The number of rotatable bonds is 2. The van der Waals surface area contributed by atoms with Crippen LogP contribution in [0.15, 0.2) is 76.5 Å². The van der Waals surface area contributed by atoms with E-state index in [2.05, 4.69) is 5.32 Å². The molecule has 0 spiro atoms. The Morgan fingerprint density at radius 1 is 0.852 bits per heavy atom. The number of benzene rings is 3. The van der Waals surface area contributed by atoms with Crippen molar-refractivity contribution in [3.63, 3.8) is 0 Å². The second kappa shape index (κ2) is 6.14. The Bertz CT molecular complexity index is 1220. The maximum atomic E-state index is 13.3. The number of carbonyl (C=O) groups excluding carboxylic acids is 2. The summed E-state index contributed by atoms with van der Waals surface area (Å²) < 4.78 is 39.0. The van der Waals surface area contributed by atoms with E-state index in [0.717, 1.165) is 6.07 Å². The van der Waals surface area contributed by atoms with Crippen LogP contribution in [0.4, 0.5) is 10.1 Å². The van der Waals surface area contributed by atoms with Crippen LogP contribution < -0.4 is 5.32 Å². The second-order valence-corrected chi connectivity index (χ2v) is 7.89. The van der Waals surface area contributed by atoms with Gasteiger partial charge >= 0.3 is 0 Å². The molecule has 1 aliphatic heterocycles. The summed E-state index contributed by atoms with van der Waals surface area (Å²) >= 11 is 0. The lowest BCUT2D eigenvalue weighted by Crippen LogP contribution is -2.21. The Labute approximate surface area is 154 Å². The zero-order valence-corrected chi connectivity index (χ0v) is 14.6. The molecule has 0 atom stereocenters. The summed E-state index contributed by atoms with van der Waals surface area (Å²) in [6.07, 6.45) is 0. The van der Waals surface area contributed by atoms with Crippen molar-refractivity contribution in [2.75, 3.05) is 5.32 Å². The molecule has 4 rings (SSSR count). The van der Waals surface area contributed by atoms with Gasteiger partial charge in [-0.05, 0) is 48.5 Å². The number of anilines is 1. The van der Waals surface area contributed by atoms with Crippen LogP contribution in [0.2, 0.25) is 0 Å². The van der Waals surface area contributed by atoms with Crippen LogP contribution in [-0.2, 0) is 9.84 Å². The molecule has 0 radical (unpaired) electrons. The van der Waals surface area contributed by atoms with Gasteiger partial charge in [0.25, 0.3) is 5.91 Å². The van der Waals surface area contributed by atoms with E-state index in [4.69, 9.17) is 0 Å². The van der Waals surface area contributed by atoms with Gasteiger partial charge in [-0.25, -0.2) is 12.8 Å². The van der Waals surface area contributed by atoms with Gasteiger partial charge in [-0.3, -0.25) is 9.59 Å². The first-order chi connectivity index (χ1) is 12.9. The standard InChI is InChI=1S/C20H12FNO4S/c21-13-4-3-5-14(11-13)22-20(24)12-8-9-16-18(10-12)27(25,26)17-7-2-1-6-15(17)19(16)23/h1-11H,(H,22,24). The van der Waals surface area contributed by atoms with Gasteiger partial charge in [0.05, 0.1) is 9.79 Å². The molecule has 27 heavy (non-hydrogen) atoms. The Hall–Kier alpha value is -3.32. The highest BCUT2D eigenvalue weighted by molar-refractivity contribution is 7.91. The van der Waals surface area contributed by atoms with Crippen LogP contribution in [0, 0.1) is 5.82 Å². The zero-order chi connectivity index (χ0) is 19.2. The van der Waals surface area contributed by atoms with Crippen molar-refractivity contribution in [1.29, 1.82) is 0 Å². The van der Waals surface area contributed by atoms with Gasteiger partial charge in [0.2, 0.25) is 9.84 Å². The summed E-state index contributed by atoms with van der Waals surface area (Å²) in [7, 11) is -3.93. The minimum atomic E-state index is -3.93. The fraction of sp³-hybridized carbons (Fsp3) is 0. The third-order valence-corrected chi connectivity index (χ3v) is 6.13. The number of fused-ring (bicyclic) bond motifs is 2. The SMILES string of the molecule is O=C(Nc1cccc(F)c1)c1ccc2c(c1)S(=O)(=O)c1ccccc1C2=O. The van der Waals surface area contributed by atoms with Crippen LogP contribution in [0.3, 0.4) is 0 Å². The predicted molar refractivity (Wildman–Crippen MR) is 96.1 cm³/mol. The van der Waals surface area contributed by atoms with E-state index in [9.17, 15) is 22.4 Å². The first-order valence-electron chi connectivity index (χ1n) is 7.98. The van der Waals surface area contributed by atoms with E-state index in [1.807, 2.05) is 0 Å². The number of hydrogen-bond donors (Lipinski definition) is 1. The molecule has 1 aliphatic rings. The van der Waals surface area contributed by atoms with Gasteiger partial charge < -0.3 is 5.32 Å². The van der Waals surface area contributed by atoms with Gasteiger partial charge in [-0.1, -0.05) is 18.2 Å². The molecule has 0 saturated carbocycles. The Morgan fingerprint density at radius 3 is 2.37 bits per heavy atom. The largest absolute Gasteiger partial charge is 0.322 e. The van der Waals surface area contributed by atoms with Crippen molar-refractivity contribution in [2.45, 2.75) is 9.79 Å². The molecule has 0 unspecified atom stereocenters. The number of ketones is 1. The average Bonchev–Trinajstić information content (AvgIpc) is 2.66. The van der Waals surface area contributed by atoms with E-state index < -0.39 is 27.3 Å². The molecule has 0 aliphatic carbocycles. The second-order valence-electron chi connectivity index (χ2n) is 6.00. The Kier molecular flexibility index (Phi) is 3.89. The van der Waals surface area contributed by atoms with Crippen molar-refractivity contribution < 1.29 is 22.4 Å². The van der Waals surface area contributed by atoms with Crippen LogP contribution in [-0.4, -0.2) is 20.1 Å². The minimum absolute atomic E-state index is 0.0241. The number of carbonyl (C=O) groups is 2. The van der Waals surface area contributed by atoms with Crippen molar-refractivity contribution in [3.8, 4) is 0 Å². The molecular weight excluding hydrogens is 369 g/mol. The van der Waals surface area contributed by atoms with Gasteiger partial charge in [0.1, 0.15) is 5.82 Å². The summed E-state index contributed by atoms with van der Waals surface area (Å²) in [6, 6.07) is 15.2. The molecule has 1 N–H and O–H groups in total. The topological polar surface area (TPSA) is 80.3 Å². The van der Waals surface area contributed by atoms with Gasteiger partial charge in [-0.2, -0.15) is 0 Å². The number of amides is 1. The molecule has 0 aromatic heterocycles. The lowest BCUT2D eigenvalue weighted by molar-refractivity contribution is 0.101. The Balaban J connectivity index is 1.77. The van der Waals surface area contributed by atoms with Gasteiger partial charge in [-0.15, -0.1) is 0 Å². The van der Waals surface area contributed by atoms with Crippen LogP contribution in [0.5, 0.6) is 0 Å². The highest BCUT2D eigenvalue weighted by Gasteiger charge is 2.35. The summed E-state index contributed by atoms with van der Waals surface area (Å²) in [6.45, 7) is 0. The highest BCUT2D eigenvalue weighted by Crippen LogP contribution is 2.34. The van der Waals surface area contributed by atoms with Crippen molar-refractivity contribution in [3.05, 3.63) is 89.2 Å². The predicted octanol–water partition coefficient (Wildman–Crippen LogP) is 3.46.